The number of amidine groups is 1. The first-order valence-electron chi connectivity index (χ1n) is 5.07. The summed E-state index contributed by atoms with van der Waals surface area (Å²) in [5.74, 6) is 0.700. The van der Waals surface area contributed by atoms with Crippen LogP contribution in [0.4, 0.5) is 0 Å². The number of ether oxygens (including phenoxy) is 1. The van der Waals surface area contributed by atoms with Crippen molar-refractivity contribution in [2.24, 2.45) is 4.99 Å². The number of hydrogen-bond acceptors (Lipinski definition) is 4. The Kier molecular flexibility index (Phi) is 3.46. The molecule has 16 heavy (non-hydrogen) atoms. The molecule has 1 fully saturated rings. The monoisotopic (exact) mass is 216 g/mol. The highest BCUT2D eigenvalue weighted by Gasteiger charge is 2.16. The second-order valence-corrected chi connectivity index (χ2v) is 3.46. The van der Waals surface area contributed by atoms with Gasteiger partial charge in [-0.05, 0) is 17.7 Å². The maximum atomic E-state index is 8.57. The Morgan fingerprint density at radius 2 is 2.31 bits per heavy atom. The zero-order valence-electron chi connectivity index (χ0n) is 8.83. The van der Waals surface area contributed by atoms with Gasteiger partial charge in [-0.1, -0.05) is 0 Å². The molecule has 0 atom stereocenters. The van der Waals surface area contributed by atoms with Crippen LogP contribution in [0.1, 0.15) is 5.56 Å². The van der Waals surface area contributed by atoms with Crippen molar-refractivity contribution in [3.63, 3.8) is 0 Å². The molecule has 0 aliphatic carbocycles. The summed E-state index contributed by atoms with van der Waals surface area (Å²) in [6.07, 6.45) is 5.33. The minimum atomic E-state index is 0.415. The molecule has 1 aromatic heterocycles. The van der Waals surface area contributed by atoms with Gasteiger partial charge in [0.05, 0.1) is 6.61 Å². The van der Waals surface area contributed by atoms with Crippen LogP contribution in [0, 0.1) is 11.5 Å². The topological polar surface area (TPSA) is 61.5 Å². The second-order valence-electron chi connectivity index (χ2n) is 3.46. The van der Waals surface area contributed by atoms with Gasteiger partial charge in [0.2, 0.25) is 6.19 Å². The van der Waals surface area contributed by atoms with Gasteiger partial charge in [0.25, 0.3) is 0 Å². The van der Waals surface area contributed by atoms with Crippen molar-refractivity contribution in [3.8, 4) is 6.19 Å². The van der Waals surface area contributed by atoms with Crippen LogP contribution in [0.3, 0.4) is 0 Å². The van der Waals surface area contributed by atoms with Crippen LogP contribution in [0.15, 0.2) is 29.5 Å². The van der Waals surface area contributed by atoms with Crippen molar-refractivity contribution in [2.45, 2.75) is 6.54 Å². The number of pyridine rings is 1. The number of hydrogen-bond donors (Lipinski definition) is 0. The molecule has 0 saturated carbocycles. The molecule has 1 aliphatic rings. The third-order valence-electron chi connectivity index (χ3n) is 2.40. The summed E-state index contributed by atoms with van der Waals surface area (Å²) in [6.45, 7) is 2.60. The van der Waals surface area contributed by atoms with Crippen LogP contribution in [0.2, 0.25) is 0 Å². The number of nitrogens with zero attached hydrogens (tertiary/aromatic N) is 4. The third-order valence-corrected chi connectivity index (χ3v) is 2.40. The fourth-order valence-electron chi connectivity index (χ4n) is 1.60. The Labute approximate surface area is 94.0 Å². The Hall–Kier alpha value is -1.93. The van der Waals surface area contributed by atoms with Crippen molar-refractivity contribution < 1.29 is 4.74 Å². The van der Waals surface area contributed by atoms with Crippen molar-refractivity contribution >= 4 is 5.84 Å². The van der Waals surface area contributed by atoms with Gasteiger partial charge in [0, 0.05) is 25.5 Å². The van der Waals surface area contributed by atoms with E-state index in [0.29, 0.717) is 19.0 Å². The SMILES string of the molecule is N#CN=C1COCCN1Cc1ccncc1. The molecule has 2 heterocycles. The van der Waals surface area contributed by atoms with Crippen molar-refractivity contribution in [1.29, 1.82) is 5.26 Å². The molecule has 0 N–H and O–H groups in total. The highest BCUT2D eigenvalue weighted by atomic mass is 16.5. The molecule has 2 rings (SSSR count). The fourth-order valence-corrected chi connectivity index (χ4v) is 1.60. The number of rotatable bonds is 2. The zero-order chi connectivity index (χ0) is 11.2. The lowest BCUT2D eigenvalue weighted by Crippen LogP contribution is -2.41. The third kappa shape index (κ3) is 2.55. The van der Waals surface area contributed by atoms with Crippen LogP contribution >= 0.6 is 0 Å². The zero-order valence-corrected chi connectivity index (χ0v) is 8.83. The molecule has 0 unspecified atom stereocenters. The van der Waals surface area contributed by atoms with Gasteiger partial charge < -0.3 is 9.64 Å². The van der Waals surface area contributed by atoms with Crippen molar-refractivity contribution in [1.82, 2.24) is 9.88 Å². The molecule has 0 spiro atoms. The number of morpholine rings is 1. The lowest BCUT2D eigenvalue weighted by molar-refractivity contribution is 0.114. The molecular formula is C11H12N4O. The van der Waals surface area contributed by atoms with Gasteiger partial charge in [0.15, 0.2) is 0 Å². The van der Waals surface area contributed by atoms with E-state index in [1.165, 1.54) is 0 Å². The van der Waals surface area contributed by atoms with Crippen LogP contribution in [0.25, 0.3) is 0 Å². The molecule has 0 aromatic carbocycles. The number of aliphatic imine (C=N–C) groups is 1. The largest absolute Gasteiger partial charge is 0.372 e. The predicted octanol–water partition coefficient (Wildman–Crippen LogP) is 0.793. The first-order chi connectivity index (χ1) is 7.90. The van der Waals surface area contributed by atoms with E-state index in [1.807, 2.05) is 18.3 Å². The van der Waals surface area contributed by atoms with E-state index < -0.39 is 0 Å². The predicted molar refractivity (Wildman–Crippen MR) is 58.5 cm³/mol. The minimum absolute atomic E-state index is 0.415. The van der Waals surface area contributed by atoms with Gasteiger partial charge in [-0.2, -0.15) is 10.3 Å². The van der Waals surface area contributed by atoms with E-state index in [2.05, 4.69) is 14.9 Å². The Morgan fingerprint density at radius 3 is 3.06 bits per heavy atom. The summed E-state index contributed by atoms with van der Waals surface area (Å²) in [7, 11) is 0. The van der Waals surface area contributed by atoms with E-state index in [1.54, 1.807) is 12.4 Å². The van der Waals surface area contributed by atoms with Crippen LogP contribution in [-0.2, 0) is 11.3 Å². The molecular weight excluding hydrogens is 204 g/mol. The molecule has 0 amide bonds. The molecule has 1 saturated heterocycles. The first kappa shape index (κ1) is 10.6. The van der Waals surface area contributed by atoms with E-state index >= 15 is 0 Å². The Morgan fingerprint density at radius 1 is 1.50 bits per heavy atom. The van der Waals surface area contributed by atoms with E-state index in [4.69, 9.17) is 10.00 Å². The lowest BCUT2D eigenvalue weighted by Gasteiger charge is -2.29. The van der Waals surface area contributed by atoms with E-state index in [9.17, 15) is 0 Å². The maximum Gasteiger partial charge on any atom is 0.207 e. The van der Waals surface area contributed by atoms with Gasteiger partial charge in [0.1, 0.15) is 12.4 Å². The number of nitriles is 1. The summed E-state index contributed by atoms with van der Waals surface area (Å²) in [5, 5.41) is 8.57. The average Bonchev–Trinajstić information content (AvgIpc) is 2.33. The molecule has 5 nitrogen and oxygen atoms in total. The average molecular weight is 216 g/mol. The second kappa shape index (κ2) is 5.24. The summed E-state index contributed by atoms with van der Waals surface area (Å²) in [6, 6.07) is 3.92. The molecule has 5 heteroatoms. The quantitative estimate of drug-likeness (QED) is 0.686. The Bertz CT molecular complexity index is 410. The molecule has 0 bridgehead atoms. The molecule has 82 valence electrons. The van der Waals surface area contributed by atoms with Gasteiger partial charge in [-0.25, -0.2) is 0 Å². The smallest absolute Gasteiger partial charge is 0.207 e. The maximum absolute atomic E-state index is 8.57. The fraction of sp³-hybridized carbons (Fsp3) is 0.364. The summed E-state index contributed by atoms with van der Waals surface area (Å²) < 4.78 is 5.27. The standard InChI is InChI=1S/C11H12N4O/c12-9-14-11-8-16-6-5-15(11)7-10-1-3-13-4-2-10/h1-4H,5-8H2. The highest BCUT2D eigenvalue weighted by Crippen LogP contribution is 2.07. The van der Waals surface area contributed by atoms with E-state index in [-0.39, 0.29) is 0 Å². The van der Waals surface area contributed by atoms with Gasteiger partial charge >= 0.3 is 0 Å². The van der Waals surface area contributed by atoms with Crippen molar-refractivity contribution in [2.75, 3.05) is 19.8 Å². The lowest BCUT2D eigenvalue weighted by atomic mass is 10.2. The summed E-state index contributed by atoms with van der Waals surface area (Å²) in [5.41, 5.74) is 1.16. The van der Waals surface area contributed by atoms with Gasteiger partial charge in [-0.15, -0.1) is 0 Å². The first-order valence-corrected chi connectivity index (χ1v) is 5.07. The molecule has 1 aliphatic heterocycles. The summed E-state index contributed by atoms with van der Waals surface area (Å²) >= 11 is 0. The molecule has 0 radical (unpaired) electrons. The number of aromatic nitrogens is 1. The van der Waals surface area contributed by atoms with Crippen molar-refractivity contribution in [3.05, 3.63) is 30.1 Å². The minimum Gasteiger partial charge on any atom is -0.372 e. The van der Waals surface area contributed by atoms with Gasteiger partial charge in [-0.3, -0.25) is 4.98 Å². The Balaban J connectivity index is 2.08. The van der Waals surface area contributed by atoms with E-state index in [0.717, 1.165) is 18.7 Å². The normalized spacial score (nSPS) is 18.4. The summed E-state index contributed by atoms with van der Waals surface area (Å²) in [4.78, 5) is 9.79. The highest BCUT2D eigenvalue weighted by molar-refractivity contribution is 5.84. The molecule has 1 aromatic rings. The van der Waals surface area contributed by atoms with Crippen LogP contribution in [-0.4, -0.2) is 35.5 Å². The van der Waals surface area contributed by atoms with Crippen LogP contribution in [0.5, 0.6) is 0 Å². The van der Waals surface area contributed by atoms with Crippen LogP contribution < -0.4 is 0 Å².